The highest BCUT2D eigenvalue weighted by atomic mass is 19.1. The highest BCUT2D eigenvalue weighted by Crippen LogP contribution is 2.40. The van der Waals surface area contributed by atoms with Gasteiger partial charge in [0, 0.05) is 17.8 Å². The molecule has 0 spiro atoms. The van der Waals surface area contributed by atoms with Crippen molar-refractivity contribution in [1.82, 2.24) is 14.9 Å². The standard InChI is InChI=1S/C30H29F2N5O3/c1-3-5-27(38)37-11-4-6-25(37)29(33)40-26-15-34-16-35-28(26)22-13-20(31)14-24(17(22)2)36-30(39)21-10-9-19(12-23(21)32)18-7-8-18/h9-10,12-16,18,25,29H,4,6-8,11,33H2,1-2H3,(H,36,39)/t25-,29-/m0/s1. The molecule has 206 valence electrons. The first-order valence-corrected chi connectivity index (χ1v) is 13.1. The summed E-state index contributed by atoms with van der Waals surface area (Å²) in [6.07, 6.45) is 5.21. The van der Waals surface area contributed by atoms with Gasteiger partial charge in [-0.2, -0.15) is 0 Å². The van der Waals surface area contributed by atoms with E-state index in [4.69, 9.17) is 10.5 Å². The number of likely N-dealkylation sites (tertiary alicyclic amines) is 1. The highest BCUT2D eigenvalue weighted by Gasteiger charge is 2.34. The van der Waals surface area contributed by atoms with Gasteiger partial charge in [0.15, 0.2) is 12.0 Å². The van der Waals surface area contributed by atoms with E-state index in [-0.39, 0.29) is 28.6 Å². The normalized spacial score (nSPS) is 17.1. The molecule has 5 rings (SSSR count). The first-order chi connectivity index (χ1) is 19.3. The summed E-state index contributed by atoms with van der Waals surface area (Å²) in [4.78, 5) is 35.3. The van der Waals surface area contributed by atoms with E-state index in [1.54, 1.807) is 24.8 Å². The number of carbonyl (C=O) groups is 2. The molecule has 8 nitrogen and oxygen atoms in total. The number of halogens is 2. The number of ether oxygens (including phenoxy) is 1. The molecular formula is C30H29F2N5O3. The Morgan fingerprint density at radius 1 is 1.20 bits per heavy atom. The molecule has 1 saturated heterocycles. The van der Waals surface area contributed by atoms with Gasteiger partial charge in [-0.1, -0.05) is 12.0 Å². The number of rotatable bonds is 7. The van der Waals surface area contributed by atoms with E-state index in [2.05, 4.69) is 27.1 Å². The van der Waals surface area contributed by atoms with Crippen molar-refractivity contribution >= 4 is 17.5 Å². The Kier molecular flexibility index (Phi) is 7.76. The van der Waals surface area contributed by atoms with E-state index in [1.807, 2.05) is 0 Å². The Labute approximate surface area is 230 Å². The minimum Gasteiger partial charge on any atom is -0.469 e. The zero-order chi connectivity index (χ0) is 28.4. The minimum atomic E-state index is -0.913. The van der Waals surface area contributed by atoms with Crippen LogP contribution < -0.4 is 15.8 Å². The summed E-state index contributed by atoms with van der Waals surface area (Å²) < 4.78 is 35.6. The maximum Gasteiger partial charge on any atom is 0.298 e. The van der Waals surface area contributed by atoms with E-state index < -0.39 is 29.8 Å². The number of nitrogens with two attached hydrogens (primary N) is 1. The highest BCUT2D eigenvalue weighted by molar-refractivity contribution is 6.05. The molecule has 40 heavy (non-hydrogen) atoms. The predicted molar refractivity (Wildman–Crippen MR) is 145 cm³/mol. The topological polar surface area (TPSA) is 110 Å². The molecule has 1 saturated carbocycles. The minimum absolute atomic E-state index is 0.130. The van der Waals surface area contributed by atoms with Crippen LogP contribution in [-0.2, 0) is 4.79 Å². The lowest BCUT2D eigenvalue weighted by Gasteiger charge is -2.28. The van der Waals surface area contributed by atoms with E-state index in [9.17, 15) is 18.4 Å². The van der Waals surface area contributed by atoms with Gasteiger partial charge in [-0.15, -0.1) is 0 Å². The molecule has 3 N–H and O–H groups in total. The van der Waals surface area contributed by atoms with Gasteiger partial charge < -0.3 is 15.0 Å². The van der Waals surface area contributed by atoms with Crippen LogP contribution in [0.3, 0.4) is 0 Å². The van der Waals surface area contributed by atoms with Gasteiger partial charge in [-0.05, 0) is 86.8 Å². The monoisotopic (exact) mass is 545 g/mol. The van der Waals surface area contributed by atoms with Crippen molar-refractivity contribution in [2.75, 3.05) is 11.9 Å². The van der Waals surface area contributed by atoms with Gasteiger partial charge in [0.25, 0.3) is 11.8 Å². The van der Waals surface area contributed by atoms with Crippen LogP contribution in [0.2, 0.25) is 0 Å². The fourth-order valence-corrected chi connectivity index (χ4v) is 5.03. The molecule has 1 aromatic heterocycles. The van der Waals surface area contributed by atoms with Crippen LogP contribution in [0.4, 0.5) is 14.5 Å². The molecule has 10 heteroatoms. The molecule has 1 aliphatic carbocycles. The quantitative estimate of drug-likeness (QED) is 0.333. The number of hydrogen-bond acceptors (Lipinski definition) is 6. The summed E-state index contributed by atoms with van der Waals surface area (Å²) in [5, 5.41) is 2.63. The fourth-order valence-electron chi connectivity index (χ4n) is 5.03. The predicted octanol–water partition coefficient (Wildman–Crippen LogP) is 4.54. The number of nitrogens with zero attached hydrogens (tertiary/aromatic N) is 3. The smallest absolute Gasteiger partial charge is 0.298 e. The number of carbonyl (C=O) groups excluding carboxylic acids is 2. The van der Waals surface area contributed by atoms with Gasteiger partial charge in [-0.3, -0.25) is 15.3 Å². The fraction of sp³-hybridized carbons (Fsp3) is 0.333. The maximum atomic E-state index is 14.8. The summed E-state index contributed by atoms with van der Waals surface area (Å²) in [5.41, 5.74) is 8.34. The largest absolute Gasteiger partial charge is 0.469 e. The molecule has 2 fully saturated rings. The van der Waals surface area contributed by atoms with Gasteiger partial charge in [0.2, 0.25) is 0 Å². The lowest BCUT2D eigenvalue weighted by molar-refractivity contribution is -0.127. The molecular weight excluding hydrogens is 516 g/mol. The van der Waals surface area contributed by atoms with Crippen LogP contribution in [0.15, 0.2) is 42.9 Å². The third-order valence-electron chi connectivity index (χ3n) is 7.28. The van der Waals surface area contributed by atoms with Crippen molar-refractivity contribution in [3.05, 3.63) is 71.2 Å². The molecule has 2 atom stereocenters. The third-order valence-corrected chi connectivity index (χ3v) is 7.28. The molecule has 2 aliphatic rings. The van der Waals surface area contributed by atoms with E-state index >= 15 is 0 Å². The summed E-state index contributed by atoms with van der Waals surface area (Å²) >= 11 is 0. The van der Waals surface area contributed by atoms with E-state index in [0.29, 0.717) is 30.0 Å². The molecule has 0 unspecified atom stereocenters. The Morgan fingerprint density at radius 3 is 2.73 bits per heavy atom. The Morgan fingerprint density at radius 2 is 2.00 bits per heavy atom. The Bertz CT molecular complexity index is 1530. The Balaban J connectivity index is 1.40. The molecule has 2 aromatic carbocycles. The first-order valence-electron chi connectivity index (χ1n) is 13.1. The van der Waals surface area contributed by atoms with Crippen LogP contribution in [0, 0.1) is 30.4 Å². The van der Waals surface area contributed by atoms with Crippen molar-refractivity contribution < 1.29 is 23.1 Å². The van der Waals surface area contributed by atoms with Gasteiger partial charge in [-0.25, -0.2) is 18.7 Å². The van der Waals surface area contributed by atoms with E-state index in [1.165, 1.54) is 30.7 Å². The van der Waals surface area contributed by atoms with Gasteiger partial charge >= 0.3 is 0 Å². The first kappa shape index (κ1) is 27.2. The van der Waals surface area contributed by atoms with Crippen LogP contribution in [0.1, 0.15) is 60.0 Å². The second-order valence-corrected chi connectivity index (χ2v) is 9.99. The van der Waals surface area contributed by atoms with Crippen molar-refractivity contribution in [2.45, 2.75) is 57.7 Å². The number of aromatic nitrogens is 2. The van der Waals surface area contributed by atoms with Crippen molar-refractivity contribution in [2.24, 2.45) is 5.73 Å². The zero-order valence-electron chi connectivity index (χ0n) is 22.2. The summed E-state index contributed by atoms with van der Waals surface area (Å²) in [5.74, 6) is 3.39. The number of amides is 2. The lowest BCUT2D eigenvalue weighted by Crippen LogP contribution is -2.49. The zero-order valence-corrected chi connectivity index (χ0v) is 22.2. The molecule has 0 bridgehead atoms. The second-order valence-electron chi connectivity index (χ2n) is 9.99. The average molecular weight is 546 g/mol. The summed E-state index contributed by atoms with van der Waals surface area (Å²) in [7, 11) is 0. The van der Waals surface area contributed by atoms with Crippen molar-refractivity contribution in [3.8, 4) is 28.8 Å². The van der Waals surface area contributed by atoms with E-state index in [0.717, 1.165) is 30.9 Å². The Hall–Kier alpha value is -4.36. The SMILES string of the molecule is CC#CC(=O)N1CCC[C@H]1[C@@H](N)Oc1cncnc1-c1cc(F)cc(NC(=O)c2ccc(C3CC3)cc2F)c1C. The van der Waals surface area contributed by atoms with Crippen LogP contribution in [-0.4, -0.2) is 45.5 Å². The van der Waals surface area contributed by atoms with Crippen molar-refractivity contribution in [3.63, 3.8) is 0 Å². The third kappa shape index (κ3) is 5.65. The van der Waals surface area contributed by atoms with Crippen LogP contribution in [0.25, 0.3) is 11.3 Å². The second kappa shape index (κ2) is 11.4. The number of benzene rings is 2. The average Bonchev–Trinajstić information content (AvgIpc) is 3.66. The molecule has 2 amide bonds. The van der Waals surface area contributed by atoms with Gasteiger partial charge in [0.05, 0.1) is 17.8 Å². The number of nitrogens with one attached hydrogen (secondary N) is 1. The lowest BCUT2D eigenvalue weighted by atomic mass is 10.0. The molecule has 1 aliphatic heterocycles. The van der Waals surface area contributed by atoms with Crippen LogP contribution >= 0.6 is 0 Å². The van der Waals surface area contributed by atoms with Gasteiger partial charge in [0.1, 0.15) is 23.7 Å². The molecule has 0 radical (unpaired) electrons. The number of hydrogen-bond donors (Lipinski definition) is 2. The number of anilines is 1. The maximum absolute atomic E-state index is 14.8. The molecule has 3 aromatic rings. The summed E-state index contributed by atoms with van der Waals surface area (Å²) in [6.45, 7) is 3.79. The van der Waals surface area contributed by atoms with Crippen LogP contribution in [0.5, 0.6) is 5.75 Å². The van der Waals surface area contributed by atoms with Crippen molar-refractivity contribution in [1.29, 1.82) is 0 Å². The summed E-state index contributed by atoms with van der Waals surface area (Å²) in [6, 6.07) is 6.61. The molecule has 2 heterocycles.